The molecule has 3 aromatic rings. The van der Waals surface area contributed by atoms with Gasteiger partial charge in [-0.25, -0.2) is 0 Å². The number of fused-ring (bicyclic) bond motifs is 2. The number of alkyl halides is 5. The van der Waals surface area contributed by atoms with E-state index >= 15 is 0 Å². The highest BCUT2D eigenvalue weighted by molar-refractivity contribution is 5.99. The van der Waals surface area contributed by atoms with Gasteiger partial charge in [0, 0.05) is 29.5 Å². The lowest BCUT2D eigenvalue weighted by Crippen LogP contribution is -2.51. The Kier molecular flexibility index (Phi) is 10.8. The number of amides is 1. The summed E-state index contributed by atoms with van der Waals surface area (Å²) in [5, 5.41) is 2.97. The number of ether oxygens (including phenoxy) is 1. The van der Waals surface area contributed by atoms with E-state index in [1.165, 1.54) is 18.4 Å². The van der Waals surface area contributed by atoms with Gasteiger partial charge < -0.3 is 19.9 Å². The van der Waals surface area contributed by atoms with E-state index in [4.69, 9.17) is 4.74 Å². The number of hydrogen-bond acceptors (Lipinski definition) is 5. The molecule has 2 aliphatic carbocycles. The van der Waals surface area contributed by atoms with E-state index in [0.29, 0.717) is 41.5 Å². The summed E-state index contributed by atoms with van der Waals surface area (Å²) in [4.78, 5) is 33.2. The molecule has 52 heavy (non-hydrogen) atoms. The number of likely N-dealkylation sites (tertiary alicyclic amines) is 1. The molecule has 2 heterocycles. The van der Waals surface area contributed by atoms with Gasteiger partial charge in [-0.15, -0.1) is 0 Å². The highest BCUT2D eigenvalue weighted by Gasteiger charge is 2.58. The second-order valence-corrected chi connectivity index (χ2v) is 14.9. The van der Waals surface area contributed by atoms with E-state index < -0.39 is 18.6 Å². The highest BCUT2D eigenvalue weighted by atomic mass is 19.4. The van der Waals surface area contributed by atoms with E-state index in [2.05, 4.69) is 40.3 Å². The second-order valence-electron chi connectivity index (χ2n) is 14.9. The minimum Gasteiger partial charge on any atom is -0.496 e. The maximum absolute atomic E-state index is 14.0. The summed E-state index contributed by atoms with van der Waals surface area (Å²) in [5.41, 5.74) is 6.92. The molecule has 1 saturated heterocycles. The van der Waals surface area contributed by atoms with Crippen LogP contribution in [0.25, 0.3) is 11.1 Å². The highest BCUT2D eigenvalue weighted by Crippen LogP contribution is 2.48. The molecule has 1 spiro atoms. The first kappa shape index (κ1) is 37.8. The number of anilines is 1. The molecule has 282 valence electrons. The molecule has 0 atom stereocenters. The lowest BCUT2D eigenvalue weighted by atomic mass is 9.73. The summed E-state index contributed by atoms with van der Waals surface area (Å²) >= 11 is 0. The second kappa shape index (κ2) is 14.8. The molecule has 1 amide bonds. The molecule has 2 fully saturated rings. The van der Waals surface area contributed by atoms with Gasteiger partial charge in [-0.3, -0.25) is 14.5 Å². The predicted octanol–water partition coefficient (Wildman–Crippen LogP) is 8.23. The summed E-state index contributed by atoms with van der Waals surface area (Å²) in [6.45, 7) is 5.70. The molecule has 12 heteroatoms. The van der Waals surface area contributed by atoms with E-state index in [0.717, 1.165) is 78.6 Å². The van der Waals surface area contributed by atoms with Crippen molar-refractivity contribution in [1.82, 2.24) is 15.2 Å². The number of methoxy groups -OCH3 is 1. The van der Waals surface area contributed by atoms with Crippen molar-refractivity contribution >= 4 is 11.6 Å². The normalized spacial score (nSPS) is 18.0. The molecule has 6 rings (SSSR count). The van der Waals surface area contributed by atoms with Gasteiger partial charge in [0.15, 0.2) is 0 Å². The molecule has 1 aliphatic heterocycles. The van der Waals surface area contributed by atoms with Crippen LogP contribution < -0.4 is 20.5 Å². The fraction of sp³-hybridized carbons (Fsp3) is 0.550. The van der Waals surface area contributed by atoms with Crippen LogP contribution in [0.3, 0.4) is 0 Å². The van der Waals surface area contributed by atoms with E-state index in [9.17, 15) is 31.5 Å². The van der Waals surface area contributed by atoms with Crippen molar-refractivity contribution in [1.29, 1.82) is 0 Å². The van der Waals surface area contributed by atoms with Crippen LogP contribution in [0.2, 0.25) is 0 Å². The van der Waals surface area contributed by atoms with Crippen molar-refractivity contribution in [2.75, 3.05) is 38.2 Å². The molecule has 2 aromatic carbocycles. The van der Waals surface area contributed by atoms with Crippen LogP contribution in [0.4, 0.5) is 27.6 Å². The number of piperidine rings is 1. The standard InChI is InChI=1S/C40H49F5N4O3/c1-5-49(30-9-7-6-8-10-30)34-22-29(21-31(26(34)3)36(50)46-23-32-35(52-4)19-25(2)47-37(32)51)27-11-12-33-28(20-27)13-14-38(33)15-17-48(18-16-38)24-39(41,42)40(43,44)45/h11-12,19-22,30H,5-10,13-18,23-24H2,1-4H3,(H,46,50)(H,47,51). The minimum atomic E-state index is -5.56. The smallest absolute Gasteiger partial charge is 0.454 e. The third kappa shape index (κ3) is 7.45. The third-order valence-electron chi connectivity index (χ3n) is 11.7. The number of aromatic nitrogens is 1. The van der Waals surface area contributed by atoms with Crippen molar-refractivity contribution < 1.29 is 31.5 Å². The Morgan fingerprint density at radius 3 is 2.37 bits per heavy atom. The zero-order valence-corrected chi connectivity index (χ0v) is 30.4. The number of carbonyl (C=O) groups excluding carboxylic acids is 1. The van der Waals surface area contributed by atoms with Gasteiger partial charge in [0.1, 0.15) is 5.75 Å². The Balaban J connectivity index is 1.30. The summed E-state index contributed by atoms with van der Waals surface area (Å²) in [6.07, 6.45) is 2.79. The molecule has 0 unspecified atom stereocenters. The molecule has 2 N–H and O–H groups in total. The first-order valence-electron chi connectivity index (χ1n) is 18.4. The Hall–Kier alpha value is -3.93. The van der Waals surface area contributed by atoms with Gasteiger partial charge in [-0.2, -0.15) is 22.0 Å². The molecule has 3 aliphatic rings. The molecular weight excluding hydrogens is 679 g/mol. The fourth-order valence-corrected chi connectivity index (χ4v) is 8.75. The van der Waals surface area contributed by atoms with Gasteiger partial charge in [-0.1, -0.05) is 37.5 Å². The van der Waals surface area contributed by atoms with E-state index in [1.54, 1.807) is 13.0 Å². The van der Waals surface area contributed by atoms with Crippen molar-refractivity contribution in [3.05, 3.63) is 80.3 Å². The number of benzene rings is 2. The number of halogens is 5. The lowest BCUT2D eigenvalue weighted by Gasteiger charge is -2.41. The van der Waals surface area contributed by atoms with Crippen molar-refractivity contribution in [2.45, 2.75) is 109 Å². The van der Waals surface area contributed by atoms with E-state index in [-0.39, 0.29) is 36.5 Å². The third-order valence-corrected chi connectivity index (χ3v) is 11.7. The number of hydrogen-bond donors (Lipinski definition) is 2. The Morgan fingerprint density at radius 2 is 1.71 bits per heavy atom. The van der Waals surface area contributed by atoms with Crippen LogP contribution in [0.5, 0.6) is 5.75 Å². The molecule has 0 bridgehead atoms. The van der Waals surface area contributed by atoms with Crippen molar-refractivity contribution in [2.24, 2.45) is 0 Å². The van der Waals surface area contributed by atoms with E-state index in [1.807, 2.05) is 19.1 Å². The molecule has 0 radical (unpaired) electrons. The Labute approximate surface area is 301 Å². The topological polar surface area (TPSA) is 77.7 Å². The zero-order valence-electron chi connectivity index (χ0n) is 30.4. The number of carbonyl (C=O) groups is 1. The number of aryl methyl sites for hydroxylation is 2. The predicted molar refractivity (Wildman–Crippen MR) is 193 cm³/mol. The van der Waals surface area contributed by atoms with Gasteiger partial charge in [0.05, 0.1) is 25.8 Å². The fourth-order valence-electron chi connectivity index (χ4n) is 8.75. The number of H-pyrrole nitrogens is 1. The maximum Gasteiger partial charge on any atom is 0.454 e. The minimum absolute atomic E-state index is 0.0110. The van der Waals surface area contributed by atoms with Crippen molar-refractivity contribution in [3.63, 3.8) is 0 Å². The first-order chi connectivity index (χ1) is 24.7. The van der Waals surface area contributed by atoms with Crippen LogP contribution in [-0.4, -0.2) is 67.2 Å². The molecule has 1 saturated carbocycles. The lowest BCUT2D eigenvalue weighted by molar-refractivity contribution is -0.287. The number of nitrogens with one attached hydrogen (secondary N) is 2. The number of rotatable bonds is 10. The van der Waals surface area contributed by atoms with Gasteiger partial charge >= 0.3 is 12.1 Å². The molecular formula is C40H49F5N4O3. The Bertz CT molecular complexity index is 1840. The molecule has 1 aromatic heterocycles. The number of aromatic amines is 1. The van der Waals surface area contributed by atoms with Crippen LogP contribution in [-0.2, 0) is 18.4 Å². The average molecular weight is 729 g/mol. The maximum atomic E-state index is 14.0. The van der Waals surface area contributed by atoms with Crippen LogP contribution in [0.1, 0.15) is 96.6 Å². The average Bonchev–Trinajstić information content (AvgIpc) is 3.46. The zero-order chi connectivity index (χ0) is 37.4. The number of pyridine rings is 1. The summed E-state index contributed by atoms with van der Waals surface area (Å²) in [7, 11) is 1.49. The van der Waals surface area contributed by atoms with Crippen LogP contribution >= 0.6 is 0 Å². The van der Waals surface area contributed by atoms with Gasteiger partial charge in [0.2, 0.25) is 0 Å². The Morgan fingerprint density at radius 1 is 1.00 bits per heavy atom. The quantitative estimate of drug-likeness (QED) is 0.206. The monoisotopic (exact) mass is 728 g/mol. The van der Waals surface area contributed by atoms with Crippen LogP contribution in [0.15, 0.2) is 41.2 Å². The van der Waals surface area contributed by atoms with Gasteiger partial charge in [0.25, 0.3) is 11.5 Å². The van der Waals surface area contributed by atoms with Gasteiger partial charge in [-0.05, 0) is 124 Å². The number of nitrogens with zero attached hydrogens (tertiary/aromatic N) is 2. The molecule has 7 nitrogen and oxygen atoms in total. The van der Waals surface area contributed by atoms with Crippen molar-refractivity contribution in [3.8, 4) is 16.9 Å². The van der Waals surface area contributed by atoms with Crippen LogP contribution in [0, 0.1) is 13.8 Å². The largest absolute Gasteiger partial charge is 0.496 e. The SMILES string of the molecule is CCN(c1cc(-c2ccc3c(c2)CCC32CCN(CC(F)(F)C(F)(F)F)CC2)cc(C(=O)NCc2c(OC)cc(C)[nH]c2=O)c1C)C1CCCCC1. The summed E-state index contributed by atoms with van der Waals surface area (Å²) < 4.78 is 71.7. The summed E-state index contributed by atoms with van der Waals surface area (Å²) in [6, 6.07) is 12.4. The first-order valence-corrected chi connectivity index (χ1v) is 18.4. The summed E-state index contributed by atoms with van der Waals surface area (Å²) in [5.74, 6) is -4.63.